The minimum atomic E-state index is 0.0945. The highest BCUT2D eigenvalue weighted by molar-refractivity contribution is 5.84. The van der Waals surface area contributed by atoms with E-state index in [9.17, 15) is 4.79 Å². The van der Waals surface area contributed by atoms with Gasteiger partial charge in [0, 0.05) is 36.1 Å². The number of H-pyrrole nitrogens is 1. The summed E-state index contributed by atoms with van der Waals surface area (Å²) in [5.41, 5.74) is 5.83. The van der Waals surface area contributed by atoms with Gasteiger partial charge in [-0.25, -0.2) is 0 Å². The summed E-state index contributed by atoms with van der Waals surface area (Å²) in [6, 6.07) is 24.6. The fourth-order valence-electron chi connectivity index (χ4n) is 3.64. The Morgan fingerprint density at radius 3 is 2.55 bits per heavy atom. The summed E-state index contributed by atoms with van der Waals surface area (Å²) in [5, 5.41) is 4.21. The predicted molar refractivity (Wildman–Crippen MR) is 125 cm³/mol. The molecule has 1 heterocycles. The highest BCUT2D eigenvalue weighted by Crippen LogP contribution is 2.24. The normalized spacial score (nSPS) is 10.9. The Labute approximate surface area is 183 Å². The lowest BCUT2D eigenvalue weighted by atomic mass is 10.1. The second kappa shape index (κ2) is 9.98. The molecule has 3 aromatic carbocycles. The molecule has 4 rings (SSSR count). The van der Waals surface area contributed by atoms with Gasteiger partial charge in [-0.15, -0.1) is 0 Å². The Kier molecular flexibility index (Phi) is 6.68. The number of ether oxygens (including phenoxy) is 1. The molecule has 0 atom stereocenters. The molecule has 0 aliphatic heterocycles. The minimum absolute atomic E-state index is 0.0945. The molecule has 0 saturated heterocycles. The van der Waals surface area contributed by atoms with Gasteiger partial charge in [-0.1, -0.05) is 60.2 Å². The molecule has 0 radical (unpaired) electrons. The number of rotatable bonds is 9. The van der Waals surface area contributed by atoms with Crippen LogP contribution in [0.15, 0.2) is 79.0 Å². The number of benzene rings is 3. The van der Waals surface area contributed by atoms with Crippen LogP contribution in [0.2, 0.25) is 0 Å². The van der Waals surface area contributed by atoms with Crippen molar-refractivity contribution >= 4 is 16.8 Å². The number of aromatic nitrogens is 1. The van der Waals surface area contributed by atoms with Crippen LogP contribution in [0, 0.1) is 6.92 Å². The molecule has 0 unspecified atom stereocenters. The van der Waals surface area contributed by atoms with Crippen molar-refractivity contribution in [3.63, 3.8) is 0 Å². The Hall–Kier alpha value is -3.53. The summed E-state index contributed by atoms with van der Waals surface area (Å²) < 4.78 is 5.91. The first-order valence-electron chi connectivity index (χ1n) is 10.8. The quantitative estimate of drug-likeness (QED) is 0.389. The number of nitrogens with one attached hydrogen (secondary N) is 2. The van der Waals surface area contributed by atoms with Gasteiger partial charge in [-0.2, -0.15) is 0 Å². The largest absolute Gasteiger partial charge is 0.489 e. The molecular weight excluding hydrogens is 384 g/mol. The Morgan fingerprint density at radius 2 is 1.74 bits per heavy atom. The van der Waals surface area contributed by atoms with Gasteiger partial charge in [-0.05, 0) is 48.6 Å². The van der Waals surface area contributed by atoms with Crippen molar-refractivity contribution in [3.8, 4) is 5.75 Å². The van der Waals surface area contributed by atoms with Crippen molar-refractivity contribution in [2.45, 2.75) is 32.8 Å². The summed E-state index contributed by atoms with van der Waals surface area (Å²) in [6.45, 7) is 3.25. The van der Waals surface area contributed by atoms with Crippen LogP contribution in [-0.2, 0) is 24.2 Å². The molecular formula is C27H28N2O2. The number of hydrogen-bond acceptors (Lipinski definition) is 2. The standard InChI is InChI=1S/C27H28N2O2/c1-20-7-9-21(10-8-20)11-14-27(30)28-16-15-23-18-29-26-17-24(12-13-25(23)26)31-19-22-5-3-2-4-6-22/h2-10,12-13,17-18,29H,11,14-16,19H2,1H3,(H,28,30). The Morgan fingerprint density at radius 1 is 0.935 bits per heavy atom. The van der Waals surface area contributed by atoms with Gasteiger partial charge in [0.05, 0.1) is 0 Å². The molecule has 2 N–H and O–H groups in total. The minimum Gasteiger partial charge on any atom is -0.489 e. The van der Waals surface area contributed by atoms with Crippen LogP contribution >= 0.6 is 0 Å². The topological polar surface area (TPSA) is 54.1 Å². The number of hydrogen-bond donors (Lipinski definition) is 2. The second-order valence-corrected chi connectivity index (χ2v) is 7.88. The van der Waals surface area contributed by atoms with Crippen LogP contribution in [-0.4, -0.2) is 17.4 Å². The lowest BCUT2D eigenvalue weighted by molar-refractivity contribution is -0.121. The van der Waals surface area contributed by atoms with Crippen molar-refractivity contribution < 1.29 is 9.53 Å². The van der Waals surface area contributed by atoms with E-state index in [1.807, 2.05) is 36.5 Å². The third-order valence-corrected chi connectivity index (χ3v) is 5.47. The van der Waals surface area contributed by atoms with Crippen LogP contribution in [0.1, 0.15) is 28.7 Å². The molecule has 0 bridgehead atoms. The predicted octanol–water partition coefficient (Wildman–Crippen LogP) is 5.35. The molecule has 158 valence electrons. The molecule has 4 nitrogen and oxygen atoms in total. The molecule has 4 heteroatoms. The van der Waals surface area contributed by atoms with E-state index < -0.39 is 0 Å². The van der Waals surface area contributed by atoms with Gasteiger partial charge in [-0.3, -0.25) is 4.79 Å². The zero-order valence-corrected chi connectivity index (χ0v) is 17.9. The monoisotopic (exact) mass is 412 g/mol. The summed E-state index contributed by atoms with van der Waals surface area (Å²) in [4.78, 5) is 15.5. The molecule has 31 heavy (non-hydrogen) atoms. The molecule has 0 saturated carbocycles. The molecule has 0 aliphatic rings. The number of carbonyl (C=O) groups excluding carboxylic acids is 1. The van der Waals surface area contributed by atoms with Gasteiger partial charge in [0.15, 0.2) is 0 Å². The van der Waals surface area contributed by atoms with Gasteiger partial charge in [0.2, 0.25) is 5.91 Å². The fraction of sp³-hybridized carbons (Fsp3) is 0.222. The van der Waals surface area contributed by atoms with E-state index in [-0.39, 0.29) is 5.91 Å². The zero-order valence-electron chi connectivity index (χ0n) is 17.9. The first kappa shape index (κ1) is 20.7. The second-order valence-electron chi connectivity index (χ2n) is 7.88. The maximum Gasteiger partial charge on any atom is 0.220 e. The van der Waals surface area contributed by atoms with Crippen LogP contribution in [0.4, 0.5) is 0 Å². The van der Waals surface area contributed by atoms with E-state index in [1.165, 1.54) is 22.1 Å². The average Bonchev–Trinajstić information content (AvgIpc) is 3.20. The van der Waals surface area contributed by atoms with E-state index in [0.29, 0.717) is 19.6 Å². The molecule has 0 aliphatic carbocycles. The lowest BCUT2D eigenvalue weighted by Gasteiger charge is -2.07. The van der Waals surface area contributed by atoms with Crippen LogP contribution in [0.25, 0.3) is 10.9 Å². The molecule has 1 amide bonds. The van der Waals surface area contributed by atoms with Gasteiger partial charge >= 0.3 is 0 Å². The summed E-state index contributed by atoms with van der Waals surface area (Å²) in [5.74, 6) is 0.936. The number of aryl methyl sites for hydroxylation is 2. The number of fused-ring (bicyclic) bond motifs is 1. The fourth-order valence-corrected chi connectivity index (χ4v) is 3.64. The first-order valence-corrected chi connectivity index (χ1v) is 10.8. The Bertz CT molecular complexity index is 1130. The molecule has 0 spiro atoms. The maximum absolute atomic E-state index is 12.2. The van der Waals surface area contributed by atoms with E-state index in [4.69, 9.17) is 4.74 Å². The van der Waals surface area contributed by atoms with E-state index in [1.54, 1.807) is 0 Å². The average molecular weight is 413 g/mol. The molecule has 0 fully saturated rings. The lowest BCUT2D eigenvalue weighted by Crippen LogP contribution is -2.25. The van der Waals surface area contributed by atoms with E-state index in [0.717, 1.165) is 29.7 Å². The van der Waals surface area contributed by atoms with Crippen LogP contribution in [0.3, 0.4) is 0 Å². The summed E-state index contributed by atoms with van der Waals surface area (Å²) in [6.07, 6.45) is 4.09. The summed E-state index contributed by atoms with van der Waals surface area (Å²) in [7, 11) is 0. The van der Waals surface area contributed by atoms with Crippen molar-refractivity contribution in [3.05, 3.63) is 101 Å². The van der Waals surface area contributed by atoms with Crippen molar-refractivity contribution in [2.75, 3.05) is 6.54 Å². The van der Waals surface area contributed by atoms with E-state index in [2.05, 4.69) is 59.7 Å². The maximum atomic E-state index is 12.2. The highest BCUT2D eigenvalue weighted by atomic mass is 16.5. The molecule has 4 aromatic rings. The first-order chi connectivity index (χ1) is 15.2. The van der Waals surface area contributed by atoms with Crippen LogP contribution < -0.4 is 10.1 Å². The summed E-state index contributed by atoms with van der Waals surface area (Å²) >= 11 is 0. The SMILES string of the molecule is Cc1ccc(CCC(=O)NCCc2c[nH]c3cc(OCc4ccccc4)ccc23)cc1. The third-order valence-electron chi connectivity index (χ3n) is 5.47. The van der Waals surface area contributed by atoms with Crippen molar-refractivity contribution in [1.82, 2.24) is 10.3 Å². The smallest absolute Gasteiger partial charge is 0.220 e. The zero-order chi connectivity index (χ0) is 21.5. The highest BCUT2D eigenvalue weighted by Gasteiger charge is 2.07. The molecule has 1 aromatic heterocycles. The van der Waals surface area contributed by atoms with Gasteiger partial charge in [0.25, 0.3) is 0 Å². The van der Waals surface area contributed by atoms with Gasteiger partial charge < -0.3 is 15.0 Å². The number of aromatic amines is 1. The van der Waals surface area contributed by atoms with Crippen molar-refractivity contribution in [1.29, 1.82) is 0 Å². The number of carbonyl (C=O) groups is 1. The number of amides is 1. The van der Waals surface area contributed by atoms with Gasteiger partial charge in [0.1, 0.15) is 12.4 Å². The third kappa shape index (κ3) is 5.76. The Balaban J connectivity index is 1.25. The van der Waals surface area contributed by atoms with Crippen LogP contribution in [0.5, 0.6) is 5.75 Å². The van der Waals surface area contributed by atoms with Crippen molar-refractivity contribution in [2.24, 2.45) is 0 Å². The van der Waals surface area contributed by atoms with E-state index >= 15 is 0 Å².